The van der Waals surface area contributed by atoms with Crippen LogP contribution in [0.1, 0.15) is 16.1 Å². The summed E-state index contributed by atoms with van der Waals surface area (Å²) in [5.41, 5.74) is 0.879. The number of hydrogen-bond donors (Lipinski definition) is 1. The van der Waals surface area contributed by atoms with E-state index >= 15 is 0 Å². The van der Waals surface area contributed by atoms with E-state index in [0.717, 1.165) is 17.0 Å². The van der Waals surface area contributed by atoms with E-state index in [1.54, 1.807) is 6.92 Å². The molecule has 116 valence electrons. The van der Waals surface area contributed by atoms with E-state index in [1.807, 2.05) is 6.07 Å². The minimum atomic E-state index is -4.37. The summed E-state index contributed by atoms with van der Waals surface area (Å²) in [6, 6.07) is 6.71. The highest BCUT2D eigenvalue weighted by Gasteiger charge is 2.30. The molecule has 2 heterocycles. The number of benzene rings is 1. The van der Waals surface area contributed by atoms with Crippen molar-refractivity contribution in [2.24, 2.45) is 0 Å². The van der Waals surface area contributed by atoms with Crippen LogP contribution in [0.15, 0.2) is 24.3 Å². The van der Waals surface area contributed by atoms with E-state index in [4.69, 9.17) is 5.26 Å². The predicted molar refractivity (Wildman–Crippen MR) is 77.4 cm³/mol. The fourth-order valence-corrected chi connectivity index (χ4v) is 2.93. The predicted octanol–water partition coefficient (Wildman–Crippen LogP) is 3.79. The summed E-state index contributed by atoms with van der Waals surface area (Å²) >= 11 is 1.31. The fraction of sp³-hybridized carbons (Fsp3) is 0.143. The fourth-order valence-electron chi connectivity index (χ4n) is 2.01. The Bertz CT molecular complexity index is 887. The van der Waals surface area contributed by atoms with Crippen LogP contribution in [-0.4, -0.2) is 20.4 Å². The molecule has 0 amide bonds. The summed E-state index contributed by atoms with van der Waals surface area (Å²) in [6.07, 6.45) is -4.37. The minimum absolute atomic E-state index is 0.192. The molecule has 9 heteroatoms. The van der Waals surface area contributed by atoms with Crippen LogP contribution in [0.5, 0.6) is 0 Å². The number of aryl methyl sites for hydroxylation is 1. The van der Waals surface area contributed by atoms with Crippen LogP contribution in [0.3, 0.4) is 0 Å². The van der Waals surface area contributed by atoms with Crippen LogP contribution in [-0.2, 0) is 6.18 Å². The zero-order chi connectivity index (χ0) is 16.6. The number of aromatic amines is 1. The first-order valence-electron chi connectivity index (χ1n) is 6.36. The molecule has 1 N–H and O–H groups in total. The second-order valence-electron chi connectivity index (χ2n) is 4.65. The summed E-state index contributed by atoms with van der Waals surface area (Å²) in [6.45, 7) is 1.80. The molecule has 0 saturated carbocycles. The van der Waals surface area contributed by atoms with Crippen molar-refractivity contribution in [2.75, 3.05) is 0 Å². The Kier molecular flexibility index (Phi) is 3.61. The summed E-state index contributed by atoms with van der Waals surface area (Å²) in [4.78, 5) is 5.18. The molecule has 0 saturated heterocycles. The van der Waals surface area contributed by atoms with Gasteiger partial charge >= 0.3 is 6.18 Å². The third-order valence-electron chi connectivity index (χ3n) is 3.14. The van der Waals surface area contributed by atoms with Crippen molar-refractivity contribution in [3.05, 3.63) is 40.4 Å². The Labute approximate surface area is 132 Å². The van der Waals surface area contributed by atoms with Crippen LogP contribution >= 0.6 is 11.3 Å². The molecule has 23 heavy (non-hydrogen) atoms. The Morgan fingerprint density at radius 1 is 1.17 bits per heavy atom. The van der Waals surface area contributed by atoms with Crippen molar-refractivity contribution >= 4 is 11.3 Å². The molecular formula is C14H8F3N5S. The van der Waals surface area contributed by atoms with Crippen LogP contribution < -0.4 is 0 Å². The number of nitrogens with one attached hydrogen (secondary N) is 1. The maximum atomic E-state index is 12.6. The largest absolute Gasteiger partial charge is 0.416 e. The van der Waals surface area contributed by atoms with E-state index in [2.05, 4.69) is 20.4 Å². The average molecular weight is 335 g/mol. The molecule has 3 rings (SSSR count). The molecule has 0 radical (unpaired) electrons. The highest BCUT2D eigenvalue weighted by Crippen LogP contribution is 2.35. The van der Waals surface area contributed by atoms with Gasteiger partial charge in [0.25, 0.3) is 0 Å². The number of nitriles is 1. The lowest BCUT2D eigenvalue weighted by atomic mass is 10.1. The number of H-pyrrole nitrogens is 1. The standard InChI is InChI=1S/C14H8F3N5S/c1-7-11(12-10(6-18)20-22-21-12)19-13(23-7)8-2-4-9(5-3-8)14(15,16)17/h2-5H,1H3,(H,20,21,22). The van der Waals surface area contributed by atoms with Gasteiger partial charge in [-0.25, -0.2) is 10.1 Å². The van der Waals surface area contributed by atoms with E-state index in [-0.39, 0.29) is 5.69 Å². The Balaban J connectivity index is 2.00. The Hall–Kier alpha value is -2.73. The Morgan fingerprint density at radius 2 is 1.87 bits per heavy atom. The minimum Gasteiger partial charge on any atom is -0.247 e. The molecule has 5 nitrogen and oxygen atoms in total. The number of alkyl halides is 3. The summed E-state index contributed by atoms with van der Waals surface area (Å²) in [5, 5.41) is 19.4. The smallest absolute Gasteiger partial charge is 0.247 e. The van der Waals surface area contributed by atoms with Crippen LogP contribution in [0.2, 0.25) is 0 Å². The van der Waals surface area contributed by atoms with E-state index in [9.17, 15) is 13.2 Å². The lowest BCUT2D eigenvalue weighted by molar-refractivity contribution is -0.137. The van der Waals surface area contributed by atoms with Crippen LogP contribution in [0.25, 0.3) is 22.0 Å². The summed E-state index contributed by atoms with van der Waals surface area (Å²) in [7, 11) is 0. The van der Waals surface area contributed by atoms with Gasteiger partial charge in [-0.15, -0.1) is 16.4 Å². The lowest BCUT2D eigenvalue weighted by Gasteiger charge is -2.06. The molecule has 0 fully saturated rings. The van der Waals surface area contributed by atoms with Crippen molar-refractivity contribution < 1.29 is 13.2 Å². The van der Waals surface area contributed by atoms with Gasteiger partial charge in [0.05, 0.1) is 5.56 Å². The van der Waals surface area contributed by atoms with E-state index in [1.165, 1.54) is 23.5 Å². The van der Waals surface area contributed by atoms with Gasteiger partial charge in [-0.2, -0.15) is 18.4 Å². The third kappa shape index (κ3) is 2.80. The topological polar surface area (TPSA) is 78.2 Å². The Morgan fingerprint density at radius 3 is 2.48 bits per heavy atom. The molecule has 0 atom stereocenters. The number of hydrogen-bond acceptors (Lipinski definition) is 5. The lowest BCUT2D eigenvalue weighted by Crippen LogP contribution is -2.03. The quantitative estimate of drug-likeness (QED) is 0.773. The van der Waals surface area contributed by atoms with Crippen LogP contribution in [0, 0.1) is 18.3 Å². The third-order valence-corrected chi connectivity index (χ3v) is 4.16. The molecule has 0 aliphatic heterocycles. The summed E-state index contributed by atoms with van der Waals surface area (Å²) < 4.78 is 37.8. The van der Waals surface area contributed by atoms with Crippen molar-refractivity contribution in [1.29, 1.82) is 5.26 Å². The van der Waals surface area contributed by atoms with Gasteiger partial charge in [0, 0.05) is 10.4 Å². The van der Waals surface area contributed by atoms with Gasteiger partial charge in [0.15, 0.2) is 5.69 Å². The number of aromatic nitrogens is 4. The van der Waals surface area contributed by atoms with Gasteiger partial charge in [-0.1, -0.05) is 17.3 Å². The maximum absolute atomic E-state index is 12.6. The van der Waals surface area contributed by atoms with Crippen LogP contribution in [0.4, 0.5) is 13.2 Å². The monoisotopic (exact) mass is 335 g/mol. The maximum Gasteiger partial charge on any atom is 0.416 e. The number of halogens is 3. The molecule has 0 aliphatic carbocycles. The molecule has 0 aliphatic rings. The highest BCUT2D eigenvalue weighted by molar-refractivity contribution is 7.15. The van der Waals surface area contributed by atoms with Gasteiger partial charge in [0.1, 0.15) is 22.5 Å². The van der Waals surface area contributed by atoms with Crippen molar-refractivity contribution in [3.63, 3.8) is 0 Å². The first-order valence-corrected chi connectivity index (χ1v) is 7.18. The van der Waals surface area contributed by atoms with E-state index < -0.39 is 11.7 Å². The number of thiazole rings is 1. The van der Waals surface area contributed by atoms with Crippen molar-refractivity contribution in [2.45, 2.75) is 13.1 Å². The average Bonchev–Trinajstić information content (AvgIpc) is 3.12. The second-order valence-corrected chi connectivity index (χ2v) is 5.85. The number of nitrogens with zero attached hydrogens (tertiary/aromatic N) is 4. The molecule has 0 spiro atoms. The van der Waals surface area contributed by atoms with Gasteiger partial charge in [-0.3, -0.25) is 0 Å². The second kappa shape index (κ2) is 5.48. The molecule has 1 aromatic carbocycles. The SMILES string of the molecule is Cc1sc(-c2ccc(C(F)(F)F)cc2)nc1-c1nn[nH]c1C#N. The molecular weight excluding hydrogens is 327 g/mol. The summed E-state index contributed by atoms with van der Waals surface area (Å²) in [5.74, 6) is 0. The molecule has 2 aromatic heterocycles. The molecule has 0 bridgehead atoms. The van der Waals surface area contributed by atoms with Crippen molar-refractivity contribution in [1.82, 2.24) is 20.4 Å². The highest BCUT2D eigenvalue weighted by atomic mass is 32.1. The zero-order valence-corrected chi connectivity index (χ0v) is 12.5. The van der Waals surface area contributed by atoms with Gasteiger partial charge in [-0.05, 0) is 19.1 Å². The molecule has 3 aromatic rings. The van der Waals surface area contributed by atoms with Gasteiger partial charge < -0.3 is 0 Å². The van der Waals surface area contributed by atoms with Gasteiger partial charge in [0.2, 0.25) is 0 Å². The first-order chi connectivity index (χ1) is 10.9. The normalized spacial score (nSPS) is 11.4. The number of rotatable bonds is 2. The zero-order valence-electron chi connectivity index (χ0n) is 11.6. The molecule has 0 unspecified atom stereocenters. The first kappa shape index (κ1) is 15.2. The van der Waals surface area contributed by atoms with E-state index in [0.29, 0.717) is 22.0 Å². The van der Waals surface area contributed by atoms with Crippen molar-refractivity contribution in [3.8, 4) is 28.0 Å².